The largest absolute Gasteiger partial charge is 0.340 e. The summed E-state index contributed by atoms with van der Waals surface area (Å²) in [5.41, 5.74) is 0. The first-order chi connectivity index (χ1) is 10.6. The molecule has 6 nitrogen and oxygen atoms in total. The number of amides is 3. The molecule has 2 aliphatic heterocycles. The van der Waals surface area contributed by atoms with Crippen LogP contribution in [0.25, 0.3) is 0 Å². The zero-order chi connectivity index (χ0) is 15.9. The number of urea groups is 1. The predicted molar refractivity (Wildman–Crippen MR) is 93.8 cm³/mol. The SMILES string of the molecule is CC(C)CNC(=O)N1CCCC(CC(=O)N2CCNCC2)C1.Cl. The zero-order valence-corrected chi connectivity index (χ0v) is 15.2. The van der Waals surface area contributed by atoms with Crippen LogP contribution in [0.4, 0.5) is 4.79 Å². The van der Waals surface area contributed by atoms with Gasteiger partial charge in [0.25, 0.3) is 0 Å². The fraction of sp³-hybridized carbons (Fsp3) is 0.875. The Kier molecular flexibility index (Phi) is 8.69. The molecule has 2 heterocycles. The monoisotopic (exact) mass is 346 g/mol. The van der Waals surface area contributed by atoms with Gasteiger partial charge < -0.3 is 20.4 Å². The molecule has 1 atom stereocenters. The maximum atomic E-state index is 12.3. The zero-order valence-electron chi connectivity index (χ0n) is 14.3. The molecule has 134 valence electrons. The molecule has 0 aliphatic carbocycles. The molecule has 0 aromatic carbocycles. The van der Waals surface area contributed by atoms with Crippen molar-refractivity contribution >= 4 is 24.3 Å². The van der Waals surface area contributed by atoms with Crippen molar-refractivity contribution in [3.63, 3.8) is 0 Å². The van der Waals surface area contributed by atoms with Crippen molar-refractivity contribution in [2.24, 2.45) is 11.8 Å². The van der Waals surface area contributed by atoms with Gasteiger partial charge in [-0.3, -0.25) is 4.79 Å². The van der Waals surface area contributed by atoms with Crippen LogP contribution in [-0.4, -0.2) is 67.6 Å². The molecule has 0 spiro atoms. The van der Waals surface area contributed by atoms with Crippen LogP contribution in [0.5, 0.6) is 0 Å². The quantitative estimate of drug-likeness (QED) is 0.806. The van der Waals surface area contributed by atoms with Crippen molar-refractivity contribution in [2.75, 3.05) is 45.8 Å². The van der Waals surface area contributed by atoms with E-state index in [2.05, 4.69) is 24.5 Å². The van der Waals surface area contributed by atoms with E-state index in [4.69, 9.17) is 0 Å². The summed E-state index contributed by atoms with van der Waals surface area (Å²) in [4.78, 5) is 28.3. The maximum Gasteiger partial charge on any atom is 0.317 e. The van der Waals surface area contributed by atoms with Gasteiger partial charge in [0, 0.05) is 52.2 Å². The minimum absolute atomic E-state index is 0. The van der Waals surface area contributed by atoms with Crippen molar-refractivity contribution in [1.82, 2.24) is 20.4 Å². The van der Waals surface area contributed by atoms with E-state index in [9.17, 15) is 9.59 Å². The molecule has 2 saturated heterocycles. The van der Waals surface area contributed by atoms with Gasteiger partial charge in [-0.25, -0.2) is 4.79 Å². The first-order valence-corrected chi connectivity index (χ1v) is 8.57. The van der Waals surface area contributed by atoms with E-state index in [1.165, 1.54) is 0 Å². The Morgan fingerprint density at radius 2 is 1.87 bits per heavy atom. The molecule has 7 heteroatoms. The maximum absolute atomic E-state index is 12.3. The van der Waals surface area contributed by atoms with Gasteiger partial charge in [0.05, 0.1) is 0 Å². The van der Waals surface area contributed by atoms with E-state index >= 15 is 0 Å². The van der Waals surface area contributed by atoms with Crippen LogP contribution >= 0.6 is 12.4 Å². The summed E-state index contributed by atoms with van der Waals surface area (Å²) in [5.74, 6) is 1.01. The Hall–Kier alpha value is -1.01. The molecule has 0 aromatic rings. The second-order valence-electron chi connectivity index (χ2n) is 6.87. The number of hydrogen-bond acceptors (Lipinski definition) is 3. The molecule has 23 heavy (non-hydrogen) atoms. The summed E-state index contributed by atoms with van der Waals surface area (Å²) < 4.78 is 0. The predicted octanol–water partition coefficient (Wildman–Crippen LogP) is 1.31. The van der Waals surface area contributed by atoms with Crippen molar-refractivity contribution in [3.05, 3.63) is 0 Å². The van der Waals surface area contributed by atoms with Gasteiger partial charge in [-0.1, -0.05) is 13.8 Å². The second kappa shape index (κ2) is 9.98. The molecule has 0 radical (unpaired) electrons. The number of carbonyl (C=O) groups excluding carboxylic acids is 2. The standard InChI is InChI=1S/C16H30N4O2.ClH/c1-13(2)11-18-16(22)20-7-3-4-14(12-20)10-15(21)19-8-5-17-6-9-19;/h13-14,17H,3-12H2,1-2H3,(H,18,22);1H. The lowest BCUT2D eigenvalue weighted by Crippen LogP contribution is -2.49. The Morgan fingerprint density at radius 3 is 2.52 bits per heavy atom. The van der Waals surface area contributed by atoms with Gasteiger partial charge in [-0.05, 0) is 24.7 Å². The number of nitrogens with zero attached hydrogens (tertiary/aromatic N) is 2. The number of likely N-dealkylation sites (tertiary alicyclic amines) is 1. The fourth-order valence-electron chi connectivity index (χ4n) is 3.11. The van der Waals surface area contributed by atoms with Crippen molar-refractivity contribution < 1.29 is 9.59 Å². The van der Waals surface area contributed by atoms with Gasteiger partial charge in [-0.2, -0.15) is 0 Å². The minimum atomic E-state index is 0. The third-order valence-electron chi connectivity index (χ3n) is 4.40. The summed E-state index contributed by atoms with van der Waals surface area (Å²) in [5, 5.41) is 6.24. The average molecular weight is 347 g/mol. The highest BCUT2D eigenvalue weighted by Gasteiger charge is 2.27. The van der Waals surface area contributed by atoms with Crippen molar-refractivity contribution in [3.8, 4) is 0 Å². The fourth-order valence-corrected chi connectivity index (χ4v) is 3.11. The summed E-state index contributed by atoms with van der Waals surface area (Å²) in [6, 6.07) is 0.0213. The van der Waals surface area contributed by atoms with Gasteiger partial charge in [0.1, 0.15) is 0 Å². The average Bonchev–Trinajstić information content (AvgIpc) is 2.53. The molecule has 3 amide bonds. The lowest BCUT2D eigenvalue weighted by Gasteiger charge is -2.34. The summed E-state index contributed by atoms with van der Waals surface area (Å²) >= 11 is 0. The molecule has 2 N–H and O–H groups in total. The van der Waals surface area contributed by atoms with E-state index in [1.807, 2.05) is 9.80 Å². The minimum Gasteiger partial charge on any atom is -0.340 e. The van der Waals surface area contributed by atoms with Gasteiger partial charge in [0.15, 0.2) is 0 Å². The topological polar surface area (TPSA) is 64.7 Å². The Bertz CT molecular complexity index is 386. The third kappa shape index (κ3) is 6.55. The number of nitrogens with one attached hydrogen (secondary N) is 2. The lowest BCUT2D eigenvalue weighted by atomic mass is 9.94. The smallest absolute Gasteiger partial charge is 0.317 e. The molecular formula is C16H31ClN4O2. The molecule has 1 unspecified atom stereocenters. The highest BCUT2D eigenvalue weighted by molar-refractivity contribution is 5.85. The summed E-state index contributed by atoms with van der Waals surface area (Å²) in [7, 11) is 0. The van der Waals surface area contributed by atoms with E-state index in [0.29, 0.717) is 31.3 Å². The highest BCUT2D eigenvalue weighted by atomic mass is 35.5. The third-order valence-corrected chi connectivity index (χ3v) is 4.40. The van der Waals surface area contributed by atoms with Crippen LogP contribution in [0.1, 0.15) is 33.1 Å². The second-order valence-corrected chi connectivity index (χ2v) is 6.87. The van der Waals surface area contributed by atoms with Crippen molar-refractivity contribution in [1.29, 1.82) is 0 Å². The van der Waals surface area contributed by atoms with E-state index in [-0.39, 0.29) is 24.3 Å². The van der Waals surface area contributed by atoms with E-state index in [1.54, 1.807) is 0 Å². The molecule has 0 saturated carbocycles. The molecule has 2 aliphatic rings. The molecule has 2 rings (SSSR count). The molecule has 0 bridgehead atoms. The number of carbonyl (C=O) groups is 2. The number of hydrogen-bond donors (Lipinski definition) is 2. The van der Waals surface area contributed by atoms with E-state index < -0.39 is 0 Å². The van der Waals surface area contributed by atoms with Crippen LogP contribution in [0.15, 0.2) is 0 Å². The van der Waals surface area contributed by atoms with Crippen LogP contribution in [0.3, 0.4) is 0 Å². The molecule has 2 fully saturated rings. The lowest BCUT2D eigenvalue weighted by molar-refractivity contribution is -0.133. The number of halogens is 1. The Labute approximate surface area is 145 Å². The first-order valence-electron chi connectivity index (χ1n) is 8.57. The van der Waals surface area contributed by atoms with Crippen LogP contribution in [0.2, 0.25) is 0 Å². The number of piperidine rings is 1. The van der Waals surface area contributed by atoms with Gasteiger partial charge in [0.2, 0.25) is 5.91 Å². The normalized spacial score (nSPS) is 21.8. The highest BCUT2D eigenvalue weighted by Crippen LogP contribution is 2.20. The molecular weight excluding hydrogens is 316 g/mol. The molecule has 0 aromatic heterocycles. The van der Waals surface area contributed by atoms with Crippen LogP contribution in [0, 0.1) is 11.8 Å². The van der Waals surface area contributed by atoms with Crippen LogP contribution in [-0.2, 0) is 4.79 Å². The van der Waals surface area contributed by atoms with Gasteiger partial charge in [-0.15, -0.1) is 12.4 Å². The van der Waals surface area contributed by atoms with E-state index in [0.717, 1.165) is 45.6 Å². The summed E-state index contributed by atoms with van der Waals surface area (Å²) in [6.07, 6.45) is 2.62. The number of rotatable bonds is 4. The summed E-state index contributed by atoms with van der Waals surface area (Å²) in [6.45, 7) is 9.80. The van der Waals surface area contributed by atoms with Crippen LogP contribution < -0.4 is 10.6 Å². The first kappa shape index (κ1) is 20.0. The van der Waals surface area contributed by atoms with Gasteiger partial charge >= 0.3 is 6.03 Å². The van der Waals surface area contributed by atoms with Crippen molar-refractivity contribution in [2.45, 2.75) is 33.1 Å². The number of piperazine rings is 1. The Morgan fingerprint density at radius 1 is 1.17 bits per heavy atom. The Balaban J connectivity index is 0.00000264.